The number of phenols is 1. The van der Waals surface area contributed by atoms with E-state index >= 15 is 0 Å². The molecule has 0 radical (unpaired) electrons. The zero-order chi connectivity index (χ0) is 16.4. The Bertz CT molecular complexity index is 608. The lowest BCUT2D eigenvalue weighted by Crippen LogP contribution is -2.48. The predicted octanol–water partition coefficient (Wildman–Crippen LogP) is 2.57. The maximum Gasteiger partial charge on any atom is 0.253 e. The molecule has 1 aromatic rings. The first kappa shape index (κ1) is 16.1. The minimum absolute atomic E-state index is 0.0272. The van der Waals surface area contributed by atoms with Crippen LogP contribution in [0, 0.1) is 5.92 Å². The van der Waals surface area contributed by atoms with Crippen LogP contribution in [-0.4, -0.2) is 41.0 Å². The van der Waals surface area contributed by atoms with E-state index in [1.807, 2.05) is 0 Å². The van der Waals surface area contributed by atoms with E-state index in [1.165, 1.54) is 12.1 Å². The minimum atomic E-state index is -0.0873. The van der Waals surface area contributed by atoms with E-state index in [0.717, 1.165) is 32.1 Å². The van der Waals surface area contributed by atoms with Crippen LogP contribution < -0.4 is 5.32 Å². The first-order chi connectivity index (χ1) is 11.0. The smallest absolute Gasteiger partial charge is 0.253 e. The number of aromatic hydroxyl groups is 1. The number of rotatable bonds is 3. The number of nitrogens with zero attached hydrogens (tertiary/aromatic N) is 1. The highest BCUT2D eigenvalue weighted by Crippen LogP contribution is 2.27. The van der Waals surface area contributed by atoms with Gasteiger partial charge >= 0.3 is 0 Å². The van der Waals surface area contributed by atoms with Crippen molar-refractivity contribution in [1.29, 1.82) is 0 Å². The van der Waals surface area contributed by atoms with Crippen LogP contribution in [0.4, 0.5) is 0 Å². The first-order valence-electron chi connectivity index (χ1n) is 8.13. The molecule has 0 spiro atoms. The largest absolute Gasteiger partial charge is 0.506 e. The number of amides is 2. The average Bonchev–Trinajstić information content (AvgIpc) is 2.48. The van der Waals surface area contributed by atoms with E-state index in [2.05, 4.69) is 5.32 Å². The van der Waals surface area contributed by atoms with E-state index < -0.39 is 0 Å². The summed E-state index contributed by atoms with van der Waals surface area (Å²) in [5.74, 6) is 0.261. The fraction of sp³-hybridized carbons (Fsp3) is 0.529. The Morgan fingerprint density at radius 1 is 1.17 bits per heavy atom. The molecular formula is C17H21ClN2O3. The Balaban J connectivity index is 1.52. The summed E-state index contributed by atoms with van der Waals surface area (Å²) in [5.41, 5.74) is 0.477. The highest BCUT2D eigenvalue weighted by molar-refractivity contribution is 6.32. The molecule has 0 unspecified atom stereocenters. The zero-order valence-corrected chi connectivity index (χ0v) is 13.7. The molecule has 1 aromatic carbocycles. The molecule has 1 saturated heterocycles. The van der Waals surface area contributed by atoms with Crippen molar-refractivity contribution >= 4 is 23.4 Å². The van der Waals surface area contributed by atoms with Crippen molar-refractivity contribution in [3.63, 3.8) is 0 Å². The van der Waals surface area contributed by atoms with Gasteiger partial charge in [0.2, 0.25) is 5.91 Å². The van der Waals surface area contributed by atoms with Crippen molar-refractivity contribution < 1.29 is 14.7 Å². The van der Waals surface area contributed by atoms with Crippen LogP contribution in [0.5, 0.6) is 5.75 Å². The second kappa shape index (κ2) is 6.79. The number of nitrogens with one attached hydrogen (secondary N) is 1. The van der Waals surface area contributed by atoms with E-state index in [-0.39, 0.29) is 34.5 Å². The maximum atomic E-state index is 12.5. The maximum absolute atomic E-state index is 12.5. The van der Waals surface area contributed by atoms with Crippen LogP contribution >= 0.6 is 11.6 Å². The summed E-state index contributed by atoms with van der Waals surface area (Å²) < 4.78 is 0. The van der Waals surface area contributed by atoms with Gasteiger partial charge in [-0.2, -0.15) is 0 Å². The quantitative estimate of drug-likeness (QED) is 0.891. The number of benzene rings is 1. The molecule has 1 saturated carbocycles. The average molecular weight is 337 g/mol. The third kappa shape index (κ3) is 3.61. The van der Waals surface area contributed by atoms with Crippen molar-refractivity contribution in [1.82, 2.24) is 10.2 Å². The summed E-state index contributed by atoms with van der Waals surface area (Å²) in [7, 11) is 0. The number of hydrogen-bond donors (Lipinski definition) is 2. The molecule has 0 atom stereocenters. The lowest BCUT2D eigenvalue weighted by molar-refractivity contribution is -0.128. The lowest BCUT2D eigenvalue weighted by Gasteiger charge is -2.34. The Morgan fingerprint density at radius 2 is 1.87 bits per heavy atom. The summed E-state index contributed by atoms with van der Waals surface area (Å²) >= 11 is 5.86. The molecule has 0 bridgehead atoms. The van der Waals surface area contributed by atoms with Gasteiger partial charge in [0.15, 0.2) is 0 Å². The van der Waals surface area contributed by atoms with Gasteiger partial charge in [0.25, 0.3) is 5.91 Å². The van der Waals surface area contributed by atoms with Gasteiger partial charge in [0.05, 0.1) is 5.02 Å². The number of carbonyl (C=O) groups excluding carboxylic acids is 2. The van der Waals surface area contributed by atoms with Gasteiger partial charge in [0, 0.05) is 30.6 Å². The molecule has 6 heteroatoms. The molecule has 2 amide bonds. The van der Waals surface area contributed by atoms with Gasteiger partial charge < -0.3 is 15.3 Å². The molecular weight excluding hydrogens is 316 g/mol. The fourth-order valence-corrected chi connectivity index (χ4v) is 3.22. The Kier molecular flexibility index (Phi) is 4.76. The van der Waals surface area contributed by atoms with Gasteiger partial charge in [0.1, 0.15) is 5.75 Å². The van der Waals surface area contributed by atoms with Gasteiger partial charge in [-0.1, -0.05) is 18.0 Å². The normalized spacial score (nSPS) is 19.3. The summed E-state index contributed by atoms with van der Waals surface area (Å²) in [6, 6.07) is 4.66. The highest BCUT2D eigenvalue weighted by atomic mass is 35.5. The third-order valence-electron chi connectivity index (χ3n) is 4.80. The molecule has 1 aliphatic carbocycles. The van der Waals surface area contributed by atoms with Crippen LogP contribution in [0.3, 0.4) is 0 Å². The van der Waals surface area contributed by atoms with Gasteiger partial charge in [-0.05, 0) is 43.9 Å². The topological polar surface area (TPSA) is 69.6 Å². The lowest BCUT2D eigenvalue weighted by atomic mass is 9.84. The SMILES string of the molecule is O=C(NC1CCN(C(=O)c2ccc(O)c(Cl)c2)CC1)C1CCC1. The van der Waals surface area contributed by atoms with Crippen molar-refractivity contribution in [2.24, 2.45) is 5.92 Å². The molecule has 3 rings (SSSR count). The van der Waals surface area contributed by atoms with Crippen LogP contribution in [-0.2, 0) is 4.79 Å². The molecule has 124 valence electrons. The summed E-state index contributed by atoms with van der Waals surface area (Å²) in [6.07, 6.45) is 4.71. The second-order valence-electron chi connectivity index (χ2n) is 6.37. The standard InChI is InChI=1S/C17H21ClN2O3/c18-14-10-12(4-5-15(14)21)17(23)20-8-6-13(7-9-20)19-16(22)11-2-1-3-11/h4-5,10-11,13,21H,1-3,6-9H2,(H,19,22). The predicted molar refractivity (Wildman–Crippen MR) is 87.5 cm³/mol. The number of carbonyl (C=O) groups is 2. The van der Waals surface area contributed by atoms with Gasteiger partial charge in [-0.15, -0.1) is 0 Å². The Morgan fingerprint density at radius 3 is 2.43 bits per heavy atom. The van der Waals surface area contributed by atoms with Crippen molar-refractivity contribution in [3.05, 3.63) is 28.8 Å². The third-order valence-corrected chi connectivity index (χ3v) is 5.10. The zero-order valence-electron chi connectivity index (χ0n) is 12.9. The van der Waals surface area contributed by atoms with E-state index in [4.69, 9.17) is 11.6 Å². The molecule has 2 N–H and O–H groups in total. The molecule has 23 heavy (non-hydrogen) atoms. The van der Waals surface area contributed by atoms with E-state index in [9.17, 15) is 14.7 Å². The van der Waals surface area contributed by atoms with E-state index in [0.29, 0.717) is 18.7 Å². The number of likely N-dealkylation sites (tertiary alicyclic amines) is 1. The van der Waals surface area contributed by atoms with Crippen LogP contribution in [0.25, 0.3) is 0 Å². The number of piperidine rings is 1. The van der Waals surface area contributed by atoms with Crippen molar-refractivity contribution in [2.75, 3.05) is 13.1 Å². The molecule has 1 heterocycles. The van der Waals surface area contributed by atoms with Crippen molar-refractivity contribution in [2.45, 2.75) is 38.1 Å². The number of halogens is 1. The molecule has 1 aliphatic heterocycles. The Hall–Kier alpha value is -1.75. The minimum Gasteiger partial charge on any atom is -0.506 e. The van der Waals surface area contributed by atoms with Crippen LogP contribution in [0.15, 0.2) is 18.2 Å². The number of phenolic OH excluding ortho intramolecular Hbond substituents is 1. The Labute approximate surface area is 140 Å². The summed E-state index contributed by atoms with van der Waals surface area (Å²) in [4.78, 5) is 26.2. The molecule has 0 aromatic heterocycles. The van der Waals surface area contributed by atoms with E-state index in [1.54, 1.807) is 11.0 Å². The fourth-order valence-electron chi connectivity index (χ4n) is 3.04. The second-order valence-corrected chi connectivity index (χ2v) is 6.78. The van der Waals surface area contributed by atoms with Crippen LogP contribution in [0.2, 0.25) is 5.02 Å². The van der Waals surface area contributed by atoms with Gasteiger partial charge in [-0.25, -0.2) is 0 Å². The summed E-state index contributed by atoms with van der Waals surface area (Å²) in [6.45, 7) is 1.24. The van der Waals surface area contributed by atoms with Crippen LogP contribution in [0.1, 0.15) is 42.5 Å². The first-order valence-corrected chi connectivity index (χ1v) is 8.50. The number of hydrogen-bond acceptors (Lipinski definition) is 3. The highest BCUT2D eigenvalue weighted by Gasteiger charge is 2.29. The summed E-state index contributed by atoms with van der Waals surface area (Å²) in [5, 5.41) is 12.7. The molecule has 5 nitrogen and oxygen atoms in total. The van der Waals surface area contributed by atoms with Crippen molar-refractivity contribution in [3.8, 4) is 5.75 Å². The van der Waals surface area contributed by atoms with Gasteiger partial charge in [-0.3, -0.25) is 9.59 Å². The molecule has 2 aliphatic rings. The molecule has 2 fully saturated rings. The monoisotopic (exact) mass is 336 g/mol.